The molecule has 0 aromatic rings. The van der Waals surface area contributed by atoms with Gasteiger partial charge in [0.25, 0.3) is 0 Å². The first-order valence-electron chi connectivity index (χ1n) is 7.86. The van der Waals surface area contributed by atoms with E-state index in [9.17, 15) is 14.7 Å². The normalized spacial score (nSPS) is 25.4. The maximum absolute atomic E-state index is 11.9. The van der Waals surface area contributed by atoms with Crippen LogP contribution in [-0.2, 0) is 9.59 Å². The van der Waals surface area contributed by atoms with Crippen LogP contribution in [0.15, 0.2) is 0 Å². The molecule has 1 saturated heterocycles. The number of nitrogens with zero attached hydrogens (tertiary/aromatic N) is 1. The van der Waals surface area contributed by atoms with Crippen molar-refractivity contribution in [2.45, 2.75) is 63.0 Å². The van der Waals surface area contributed by atoms with Crippen LogP contribution in [-0.4, -0.2) is 46.6 Å². The van der Waals surface area contributed by atoms with Gasteiger partial charge in [0.1, 0.15) is 5.60 Å². The van der Waals surface area contributed by atoms with Crippen LogP contribution in [0.3, 0.4) is 0 Å². The third-order valence-electron chi connectivity index (χ3n) is 4.91. The predicted octanol–water partition coefficient (Wildman–Crippen LogP) is 0.809. The Kier molecular flexibility index (Phi) is 3.71. The van der Waals surface area contributed by atoms with E-state index in [1.807, 2.05) is 0 Å². The van der Waals surface area contributed by atoms with Crippen molar-refractivity contribution in [1.29, 1.82) is 0 Å². The van der Waals surface area contributed by atoms with Crippen molar-refractivity contribution >= 4 is 11.8 Å². The highest BCUT2D eigenvalue weighted by Crippen LogP contribution is 2.44. The fourth-order valence-electron chi connectivity index (χ4n) is 3.42. The van der Waals surface area contributed by atoms with Crippen molar-refractivity contribution in [2.24, 2.45) is 5.92 Å². The zero-order chi connectivity index (χ0) is 14.2. The lowest BCUT2D eigenvalue weighted by Crippen LogP contribution is -2.64. The van der Waals surface area contributed by atoms with Gasteiger partial charge < -0.3 is 15.3 Å². The van der Waals surface area contributed by atoms with Crippen molar-refractivity contribution in [3.63, 3.8) is 0 Å². The van der Waals surface area contributed by atoms with Gasteiger partial charge in [0.15, 0.2) is 0 Å². The van der Waals surface area contributed by atoms with Crippen molar-refractivity contribution in [3.05, 3.63) is 0 Å². The van der Waals surface area contributed by atoms with E-state index in [-0.39, 0.29) is 24.7 Å². The maximum Gasteiger partial charge on any atom is 0.223 e. The molecule has 0 bridgehead atoms. The van der Waals surface area contributed by atoms with E-state index in [1.165, 1.54) is 12.8 Å². The molecule has 0 unspecified atom stereocenters. The fourth-order valence-corrected chi connectivity index (χ4v) is 3.42. The number of carbonyl (C=O) groups is 2. The van der Waals surface area contributed by atoms with Gasteiger partial charge in [-0.05, 0) is 31.6 Å². The minimum absolute atomic E-state index is 0.00287. The highest BCUT2D eigenvalue weighted by atomic mass is 16.3. The van der Waals surface area contributed by atoms with Gasteiger partial charge in [-0.25, -0.2) is 0 Å². The summed E-state index contributed by atoms with van der Waals surface area (Å²) in [5.74, 6) is 0.386. The van der Waals surface area contributed by atoms with E-state index >= 15 is 0 Å². The summed E-state index contributed by atoms with van der Waals surface area (Å²) in [4.78, 5) is 25.4. The molecule has 1 heterocycles. The number of likely N-dealkylation sites (tertiary alicyclic amines) is 1. The summed E-state index contributed by atoms with van der Waals surface area (Å²) in [5.41, 5.74) is -0.623. The van der Waals surface area contributed by atoms with E-state index in [2.05, 4.69) is 5.32 Å². The topological polar surface area (TPSA) is 69.6 Å². The Balaban J connectivity index is 1.34. The number of β-amino-alcohol motifs (C(OH)–C–C–N with tert-alkyl or cyclic N) is 1. The zero-order valence-corrected chi connectivity index (χ0v) is 11.9. The Bertz CT molecular complexity index is 394. The fraction of sp³-hybridized carbons (Fsp3) is 0.867. The van der Waals surface area contributed by atoms with Crippen LogP contribution in [0.1, 0.15) is 51.4 Å². The molecule has 2 saturated carbocycles. The molecule has 3 fully saturated rings. The molecule has 5 heteroatoms. The van der Waals surface area contributed by atoms with Crippen molar-refractivity contribution in [3.8, 4) is 0 Å². The lowest BCUT2D eigenvalue weighted by Gasteiger charge is -2.47. The van der Waals surface area contributed by atoms with Crippen LogP contribution in [0, 0.1) is 5.92 Å². The summed E-state index contributed by atoms with van der Waals surface area (Å²) in [7, 11) is 0. The van der Waals surface area contributed by atoms with Gasteiger partial charge in [0, 0.05) is 18.9 Å². The van der Waals surface area contributed by atoms with Crippen molar-refractivity contribution in [2.75, 3.05) is 13.1 Å². The average Bonchev–Trinajstić information content (AvgIpc) is 3.12. The van der Waals surface area contributed by atoms with E-state index in [0.29, 0.717) is 25.0 Å². The standard InChI is InChI=1S/C15H24N2O3/c18-13(16-12-3-1-2-4-12)7-8-14(19)17-9-15(20,10-17)11-5-6-11/h11-12,20H,1-10H2,(H,16,18). The quantitative estimate of drug-likeness (QED) is 0.783. The molecule has 112 valence electrons. The van der Waals surface area contributed by atoms with Gasteiger partial charge >= 0.3 is 0 Å². The van der Waals surface area contributed by atoms with Gasteiger partial charge in [0.2, 0.25) is 11.8 Å². The largest absolute Gasteiger partial charge is 0.386 e. The van der Waals surface area contributed by atoms with Gasteiger partial charge in [-0.15, -0.1) is 0 Å². The summed E-state index contributed by atoms with van der Waals surface area (Å²) >= 11 is 0. The van der Waals surface area contributed by atoms with Crippen LogP contribution >= 0.6 is 0 Å². The molecule has 0 aromatic heterocycles. The lowest BCUT2D eigenvalue weighted by molar-refractivity contribution is -0.159. The number of hydrogen-bond acceptors (Lipinski definition) is 3. The molecule has 2 amide bonds. The Hall–Kier alpha value is -1.10. The molecule has 0 spiro atoms. The number of amides is 2. The van der Waals surface area contributed by atoms with Gasteiger partial charge in [-0.3, -0.25) is 9.59 Å². The highest BCUT2D eigenvalue weighted by Gasteiger charge is 2.53. The van der Waals surface area contributed by atoms with Crippen molar-refractivity contribution < 1.29 is 14.7 Å². The second-order valence-electron chi connectivity index (χ2n) is 6.68. The lowest BCUT2D eigenvalue weighted by atomic mass is 9.88. The predicted molar refractivity (Wildman–Crippen MR) is 73.9 cm³/mol. The second kappa shape index (κ2) is 5.35. The first-order chi connectivity index (χ1) is 9.57. The van der Waals surface area contributed by atoms with Crippen molar-refractivity contribution in [1.82, 2.24) is 10.2 Å². The summed E-state index contributed by atoms with van der Waals surface area (Å²) in [6.45, 7) is 0.918. The summed E-state index contributed by atoms with van der Waals surface area (Å²) in [6.07, 6.45) is 7.23. The molecule has 5 nitrogen and oxygen atoms in total. The Morgan fingerprint density at radius 2 is 1.75 bits per heavy atom. The van der Waals surface area contributed by atoms with Gasteiger partial charge in [-0.1, -0.05) is 12.8 Å². The summed E-state index contributed by atoms with van der Waals surface area (Å²) < 4.78 is 0. The number of nitrogens with one attached hydrogen (secondary N) is 1. The molecular formula is C15H24N2O3. The monoisotopic (exact) mass is 280 g/mol. The molecule has 2 N–H and O–H groups in total. The van der Waals surface area contributed by atoms with E-state index in [1.54, 1.807) is 4.90 Å². The van der Waals surface area contributed by atoms with Crippen LogP contribution in [0.2, 0.25) is 0 Å². The minimum Gasteiger partial charge on any atom is -0.386 e. The Morgan fingerprint density at radius 3 is 2.35 bits per heavy atom. The molecule has 3 rings (SSSR count). The van der Waals surface area contributed by atoms with Crippen LogP contribution in [0.5, 0.6) is 0 Å². The molecule has 1 aliphatic heterocycles. The SMILES string of the molecule is O=C(CCC(=O)N1CC(O)(C2CC2)C1)NC1CCCC1. The van der Waals surface area contributed by atoms with Gasteiger partial charge in [0.05, 0.1) is 13.1 Å². The van der Waals surface area contributed by atoms with E-state index in [4.69, 9.17) is 0 Å². The maximum atomic E-state index is 11.9. The molecule has 0 atom stereocenters. The molecule has 3 aliphatic rings. The summed E-state index contributed by atoms with van der Waals surface area (Å²) in [5, 5.41) is 13.2. The van der Waals surface area contributed by atoms with Crippen LogP contribution in [0.4, 0.5) is 0 Å². The average molecular weight is 280 g/mol. The first-order valence-corrected chi connectivity index (χ1v) is 7.86. The van der Waals surface area contributed by atoms with Crippen LogP contribution in [0.25, 0.3) is 0 Å². The molecule has 20 heavy (non-hydrogen) atoms. The van der Waals surface area contributed by atoms with E-state index < -0.39 is 5.60 Å². The number of hydrogen-bond donors (Lipinski definition) is 2. The molecule has 2 aliphatic carbocycles. The summed E-state index contributed by atoms with van der Waals surface area (Å²) in [6, 6.07) is 0.321. The minimum atomic E-state index is -0.623. The van der Waals surface area contributed by atoms with Gasteiger partial charge in [-0.2, -0.15) is 0 Å². The molecule has 0 aromatic carbocycles. The number of carbonyl (C=O) groups excluding carboxylic acids is 2. The zero-order valence-electron chi connectivity index (χ0n) is 11.9. The van der Waals surface area contributed by atoms with Crippen LogP contribution < -0.4 is 5.32 Å². The highest BCUT2D eigenvalue weighted by molar-refractivity contribution is 5.84. The number of aliphatic hydroxyl groups is 1. The second-order valence-corrected chi connectivity index (χ2v) is 6.68. The Morgan fingerprint density at radius 1 is 1.10 bits per heavy atom. The third kappa shape index (κ3) is 2.97. The first kappa shape index (κ1) is 13.9. The smallest absolute Gasteiger partial charge is 0.223 e. The molecule has 0 radical (unpaired) electrons. The number of rotatable bonds is 5. The molecular weight excluding hydrogens is 256 g/mol. The Labute approximate surface area is 119 Å². The van der Waals surface area contributed by atoms with E-state index in [0.717, 1.165) is 25.7 Å². The third-order valence-corrected chi connectivity index (χ3v) is 4.91.